The smallest absolute Gasteiger partial charge is 0.317 e. The average Bonchev–Trinajstić information content (AvgIpc) is 3.03. The molecule has 2 heterocycles. The third kappa shape index (κ3) is 2.83. The number of amides is 3. The lowest BCUT2D eigenvalue weighted by Crippen LogP contribution is -2.53. The van der Waals surface area contributed by atoms with Gasteiger partial charge in [0.2, 0.25) is 5.91 Å². The molecule has 0 aromatic heterocycles. The van der Waals surface area contributed by atoms with Gasteiger partial charge in [-0.2, -0.15) is 0 Å². The number of nitrogens with zero attached hydrogens (tertiary/aromatic N) is 2. The highest BCUT2D eigenvalue weighted by atomic mass is 16.2. The molecular formula is C21H23N3O2. The highest BCUT2D eigenvalue weighted by Gasteiger charge is 2.40. The molecule has 2 atom stereocenters. The van der Waals surface area contributed by atoms with E-state index in [2.05, 4.69) is 24.4 Å². The molecule has 0 aliphatic carbocycles. The van der Waals surface area contributed by atoms with Crippen LogP contribution in [0.3, 0.4) is 0 Å². The van der Waals surface area contributed by atoms with Crippen molar-refractivity contribution in [2.75, 3.05) is 23.3 Å². The lowest BCUT2D eigenvalue weighted by atomic mass is 9.85. The van der Waals surface area contributed by atoms with Gasteiger partial charge < -0.3 is 15.1 Å². The van der Waals surface area contributed by atoms with E-state index in [0.29, 0.717) is 12.5 Å². The predicted molar refractivity (Wildman–Crippen MR) is 102 cm³/mol. The first-order valence-corrected chi connectivity index (χ1v) is 9.08. The first-order chi connectivity index (χ1) is 12.5. The Labute approximate surface area is 153 Å². The van der Waals surface area contributed by atoms with Gasteiger partial charge in [0.25, 0.3) is 0 Å². The molecule has 3 amide bonds. The Bertz CT molecular complexity index is 850. The van der Waals surface area contributed by atoms with Crippen molar-refractivity contribution >= 4 is 23.3 Å². The Morgan fingerprint density at radius 1 is 1.12 bits per heavy atom. The van der Waals surface area contributed by atoms with Crippen LogP contribution in [-0.2, 0) is 11.2 Å². The SMILES string of the molecule is CC(=O)N1CCc2cc(NC(=O)N3C[C@H](C)[C@@H]3c3ccccc3)ccc21. The van der Waals surface area contributed by atoms with Crippen LogP contribution in [-0.4, -0.2) is 29.9 Å². The number of hydrogen-bond acceptors (Lipinski definition) is 2. The Kier molecular flexibility index (Phi) is 4.15. The molecule has 2 aliphatic rings. The minimum absolute atomic E-state index is 0.0563. The molecule has 0 bridgehead atoms. The van der Waals surface area contributed by atoms with Gasteiger partial charge in [-0.05, 0) is 41.7 Å². The lowest BCUT2D eigenvalue weighted by Gasteiger charge is -2.46. The molecule has 0 spiro atoms. The summed E-state index contributed by atoms with van der Waals surface area (Å²) < 4.78 is 0. The summed E-state index contributed by atoms with van der Waals surface area (Å²) >= 11 is 0. The number of anilines is 2. The molecule has 1 fully saturated rings. The third-order valence-electron chi connectivity index (χ3n) is 5.37. The van der Waals surface area contributed by atoms with Crippen LogP contribution in [0.15, 0.2) is 48.5 Å². The highest BCUT2D eigenvalue weighted by Crippen LogP contribution is 2.39. The predicted octanol–water partition coefficient (Wildman–Crippen LogP) is 3.82. The van der Waals surface area contributed by atoms with Crippen molar-refractivity contribution in [1.82, 2.24) is 4.90 Å². The summed E-state index contributed by atoms with van der Waals surface area (Å²) in [7, 11) is 0. The van der Waals surface area contributed by atoms with Crippen LogP contribution < -0.4 is 10.2 Å². The molecule has 0 unspecified atom stereocenters. The first kappa shape index (κ1) is 16.6. The van der Waals surface area contributed by atoms with E-state index < -0.39 is 0 Å². The number of carbonyl (C=O) groups is 2. The Morgan fingerprint density at radius 3 is 2.58 bits per heavy atom. The molecule has 2 aromatic carbocycles. The molecule has 4 rings (SSSR count). The molecule has 1 saturated heterocycles. The van der Waals surface area contributed by atoms with Gasteiger partial charge in [-0.15, -0.1) is 0 Å². The number of rotatable bonds is 2. The zero-order valence-electron chi connectivity index (χ0n) is 15.1. The van der Waals surface area contributed by atoms with E-state index in [4.69, 9.17) is 0 Å². The molecule has 0 saturated carbocycles. The molecule has 2 aromatic rings. The molecule has 5 heteroatoms. The summed E-state index contributed by atoms with van der Waals surface area (Å²) in [6.07, 6.45) is 0.825. The van der Waals surface area contributed by atoms with Crippen LogP contribution in [0.1, 0.15) is 31.0 Å². The van der Waals surface area contributed by atoms with Crippen LogP contribution >= 0.6 is 0 Å². The second kappa shape index (κ2) is 6.48. The Morgan fingerprint density at radius 2 is 1.88 bits per heavy atom. The first-order valence-electron chi connectivity index (χ1n) is 9.08. The monoisotopic (exact) mass is 349 g/mol. The molecule has 5 nitrogen and oxygen atoms in total. The maximum atomic E-state index is 12.7. The van der Waals surface area contributed by atoms with Gasteiger partial charge in [0.1, 0.15) is 0 Å². The largest absolute Gasteiger partial charge is 0.322 e. The summed E-state index contributed by atoms with van der Waals surface area (Å²) in [6.45, 7) is 5.23. The van der Waals surface area contributed by atoms with Crippen molar-refractivity contribution in [3.8, 4) is 0 Å². The average molecular weight is 349 g/mol. The summed E-state index contributed by atoms with van der Waals surface area (Å²) in [5.74, 6) is 0.508. The van der Waals surface area contributed by atoms with Crippen molar-refractivity contribution in [2.45, 2.75) is 26.3 Å². The normalized spacial score (nSPS) is 21.2. The van der Waals surface area contributed by atoms with Gasteiger partial charge >= 0.3 is 6.03 Å². The number of likely N-dealkylation sites (tertiary alicyclic amines) is 1. The fourth-order valence-corrected chi connectivity index (χ4v) is 4.06. The fraction of sp³-hybridized carbons (Fsp3) is 0.333. The summed E-state index contributed by atoms with van der Waals surface area (Å²) in [5, 5.41) is 3.02. The second-order valence-corrected chi connectivity index (χ2v) is 7.18. The van der Waals surface area contributed by atoms with Gasteiger partial charge in [-0.1, -0.05) is 37.3 Å². The molecule has 134 valence electrons. The van der Waals surface area contributed by atoms with Crippen molar-refractivity contribution in [1.29, 1.82) is 0 Å². The molecular weight excluding hydrogens is 326 g/mol. The topological polar surface area (TPSA) is 52.7 Å². The molecule has 2 aliphatic heterocycles. The van der Waals surface area contributed by atoms with Gasteiger partial charge in [0.15, 0.2) is 0 Å². The van der Waals surface area contributed by atoms with Crippen LogP contribution in [0, 0.1) is 5.92 Å². The van der Waals surface area contributed by atoms with Crippen molar-refractivity contribution in [2.24, 2.45) is 5.92 Å². The summed E-state index contributed by atoms with van der Waals surface area (Å²) in [4.78, 5) is 28.1. The summed E-state index contributed by atoms with van der Waals surface area (Å²) in [6, 6.07) is 16.0. The minimum Gasteiger partial charge on any atom is -0.317 e. The van der Waals surface area contributed by atoms with E-state index in [-0.39, 0.29) is 18.0 Å². The molecule has 1 N–H and O–H groups in total. The van der Waals surface area contributed by atoms with E-state index in [1.807, 2.05) is 41.3 Å². The van der Waals surface area contributed by atoms with Crippen LogP contribution in [0.2, 0.25) is 0 Å². The maximum Gasteiger partial charge on any atom is 0.322 e. The molecule has 0 radical (unpaired) electrons. The zero-order chi connectivity index (χ0) is 18.3. The number of nitrogens with one attached hydrogen (secondary N) is 1. The van der Waals surface area contributed by atoms with E-state index in [9.17, 15) is 9.59 Å². The van der Waals surface area contributed by atoms with Crippen LogP contribution in [0.25, 0.3) is 0 Å². The zero-order valence-corrected chi connectivity index (χ0v) is 15.1. The number of hydrogen-bond donors (Lipinski definition) is 1. The van der Waals surface area contributed by atoms with Crippen molar-refractivity contribution in [3.05, 3.63) is 59.7 Å². The lowest BCUT2D eigenvalue weighted by molar-refractivity contribution is -0.116. The fourth-order valence-electron chi connectivity index (χ4n) is 4.06. The van der Waals surface area contributed by atoms with E-state index in [1.54, 1.807) is 11.8 Å². The number of carbonyl (C=O) groups excluding carboxylic acids is 2. The Balaban J connectivity index is 1.48. The minimum atomic E-state index is -0.0710. The third-order valence-corrected chi connectivity index (χ3v) is 5.37. The quantitative estimate of drug-likeness (QED) is 0.896. The second-order valence-electron chi connectivity index (χ2n) is 7.18. The number of benzene rings is 2. The van der Waals surface area contributed by atoms with Gasteiger partial charge in [0.05, 0.1) is 6.04 Å². The molecule has 26 heavy (non-hydrogen) atoms. The summed E-state index contributed by atoms with van der Waals surface area (Å²) in [5.41, 5.74) is 4.02. The van der Waals surface area contributed by atoms with Crippen molar-refractivity contribution in [3.63, 3.8) is 0 Å². The van der Waals surface area contributed by atoms with Gasteiger partial charge in [0, 0.05) is 31.4 Å². The Hall–Kier alpha value is -2.82. The number of fused-ring (bicyclic) bond motifs is 1. The maximum absolute atomic E-state index is 12.7. The highest BCUT2D eigenvalue weighted by molar-refractivity contribution is 5.95. The standard InChI is InChI=1S/C21H23N3O2/c1-14-13-24(20(14)16-6-4-3-5-7-16)21(26)22-18-8-9-19-17(12-18)10-11-23(19)15(2)25/h3-9,12,14,20H,10-11,13H2,1-2H3,(H,22,26)/t14-,20+/m0/s1. The van der Waals surface area contributed by atoms with E-state index in [1.165, 1.54) is 5.56 Å². The van der Waals surface area contributed by atoms with Crippen molar-refractivity contribution < 1.29 is 9.59 Å². The number of urea groups is 1. The van der Waals surface area contributed by atoms with Gasteiger partial charge in [-0.3, -0.25) is 4.79 Å². The van der Waals surface area contributed by atoms with Crippen LogP contribution in [0.4, 0.5) is 16.2 Å². The van der Waals surface area contributed by atoms with Crippen LogP contribution in [0.5, 0.6) is 0 Å². The van der Waals surface area contributed by atoms with Gasteiger partial charge in [-0.25, -0.2) is 4.79 Å². The van der Waals surface area contributed by atoms with E-state index in [0.717, 1.165) is 29.9 Å². The van der Waals surface area contributed by atoms with E-state index >= 15 is 0 Å².